The Labute approximate surface area is 201 Å². The summed E-state index contributed by atoms with van der Waals surface area (Å²) in [5.74, 6) is -0.0324. The van der Waals surface area contributed by atoms with Crippen LogP contribution < -0.4 is 5.32 Å². The number of amides is 1. The van der Waals surface area contributed by atoms with Crippen molar-refractivity contribution >= 4 is 49.5 Å². The van der Waals surface area contributed by atoms with E-state index < -0.39 is 0 Å². The maximum absolute atomic E-state index is 13.8. The summed E-state index contributed by atoms with van der Waals surface area (Å²) in [7, 11) is 0. The molecule has 5 heteroatoms. The highest BCUT2D eigenvalue weighted by Gasteiger charge is 2.52. The second-order valence-electron chi connectivity index (χ2n) is 9.44. The molecule has 3 saturated carbocycles. The van der Waals surface area contributed by atoms with Gasteiger partial charge in [-0.2, -0.15) is 0 Å². The minimum atomic E-state index is -0.380. The number of rotatable bonds is 4. The van der Waals surface area contributed by atoms with Crippen molar-refractivity contribution in [2.75, 3.05) is 0 Å². The van der Waals surface area contributed by atoms with Crippen LogP contribution in [0, 0.1) is 12.3 Å². The molecule has 3 aromatic carbocycles. The van der Waals surface area contributed by atoms with Crippen molar-refractivity contribution in [1.29, 1.82) is 0 Å². The third-order valence-electron chi connectivity index (χ3n) is 7.72. The van der Waals surface area contributed by atoms with Gasteiger partial charge in [-0.15, -0.1) is 0 Å². The number of carbonyl (C=O) groups excluding carboxylic acids is 2. The van der Waals surface area contributed by atoms with Crippen LogP contribution in [0.1, 0.15) is 54.4 Å². The molecule has 1 N–H and O–H groups in total. The van der Waals surface area contributed by atoms with E-state index in [0.717, 1.165) is 76.0 Å². The van der Waals surface area contributed by atoms with Gasteiger partial charge in [-0.1, -0.05) is 52.3 Å². The molecule has 0 spiro atoms. The summed E-state index contributed by atoms with van der Waals surface area (Å²) >= 11 is 9.51. The van der Waals surface area contributed by atoms with Crippen LogP contribution in [0.2, 0.25) is 0 Å². The van der Waals surface area contributed by atoms with Crippen molar-refractivity contribution in [2.45, 2.75) is 51.0 Å². The molecule has 0 atom stereocenters. The van der Waals surface area contributed by atoms with Crippen molar-refractivity contribution in [3.05, 3.63) is 70.2 Å². The lowest BCUT2D eigenvalue weighted by Gasteiger charge is -2.52. The van der Waals surface area contributed by atoms with Crippen molar-refractivity contribution < 1.29 is 9.59 Å². The molecule has 2 bridgehead atoms. The molecule has 0 aromatic heterocycles. The maximum atomic E-state index is 13.8. The number of carbonyl (C=O) groups is 2. The van der Waals surface area contributed by atoms with Gasteiger partial charge in [-0.25, -0.2) is 0 Å². The summed E-state index contributed by atoms with van der Waals surface area (Å²) in [6, 6.07) is 18.5. The van der Waals surface area contributed by atoms with Gasteiger partial charge in [0.05, 0.1) is 5.56 Å². The minimum Gasteiger partial charge on any atom is -0.347 e. The summed E-state index contributed by atoms with van der Waals surface area (Å²) in [4.78, 5) is 25.8. The van der Waals surface area contributed by atoms with E-state index in [-0.39, 0.29) is 22.1 Å². The average molecular weight is 511 g/mol. The minimum absolute atomic E-state index is 0.0324. The van der Waals surface area contributed by atoms with Crippen LogP contribution in [0.15, 0.2) is 59.1 Å². The summed E-state index contributed by atoms with van der Waals surface area (Å²) in [6.45, 7) is 2.04. The first-order valence-corrected chi connectivity index (χ1v) is 12.3. The molecular formula is C27H25BrClNO2. The van der Waals surface area contributed by atoms with E-state index in [0.29, 0.717) is 0 Å². The zero-order valence-corrected chi connectivity index (χ0v) is 20.4. The Bertz CT molecular complexity index is 1210. The lowest BCUT2D eigenvalue weighted by molar-refractivity contribution is -0.127. The number of nitrogens with one attached hydrogen (secondary N) is 1. The Balaban J connectivity index is 1.56. The summed E-state index contributed by atoms with van der Waals surface area (Å²) < 4.78 is 0.949. The molecule has 3 fully saturated rings. The van der Waals surface area contributed by atoms with Crippen molar-refractivity contribution in [3.8, 4) is 11.1 Å². The molecule has 0 aliphatic heterocycles. The van der Waals surface area contributed by atoms with E-state index in [2.05, 4.69) is 45.5 Å². The largest absolute Gasteiger partial charge is 0.347 e. The van der Waals surface area contributed by atoms with Crippen molar-refractivity contribution in [1.82, 2.24) is 5.32 Å². The summed E-state index contributed by atoms with van der Waals surface area (Å²) in [5.41, 5.74) is 3.25. The van der Waals surface area contributed by atoms with Gasteiger partial charge in [0.2, 0.25) is 5.24 Å². The van der Waals surface area contributed by atoms with Gasteiger partial charge >= 0.3 is 0 Å². The highest BCUT2D eigenvalue weighted by Crippen LogP contribution is 2.53. The van der Waals surface area contributed by atoms with Gasteiger partial charge < -0.3 is 5.32 Å². The fourth-order valence-electron chi connectivity index (χ4n) is 5.65. The van der Waals surface area contributed by atoms with Gasteiger partial charge in [-0.05, 0) is 103 Å². The molecule has 6 rings (SSSR count). The lowest BCUT2D eigenvalue weighted by atomic mass is 9.57. The third-order valence-corrected chi connectivity index (χ3v) is 8.61. The van der Waals surface area contributed by atoms with Crippen LogP contribution in [0.5, 0.6) is 0 Å². The molecule has 3 nitrogen and oxygen atoms in total. The standard InChI is InChI=1S/C27H25BrClNO2/c1-17-21(18-5-3-2-4-6-18)15-19-7-8-20(28)16-22(19)23(17)24(31)30-27-12-9-26(10-13-27,11-14-27)25(29)32/h2-8,15-16H,9-14H2,1H3,(H,30,31). The van der Waals surface area contributed by atoms with Crippen LogP contribution in [-0.4, -0.2) is 16.7 Å². The fourth-order valence-corrected chi connectivity index (χ4v) is 6.30. The first-order chi connectivity index (χ1) is 15.3. The van der Waals surface area contributed by atoms with Gasteiger partial charge in [0, 0.05) is 15.4 Å². The van der Waals surface area contributed by atoms with E-state index in [1.807, 2.05) is 37.3 Å². The molecule has 0 radical (unpaired) electrons. The van der Waals surface area contributed by atoms with Crippen LogP contribution in [0.3, 0.4) is 0 Å². The molecule has 32 heavy (non-hydrogen) atoms. The normalized spacial score (nSPS) is 24.5. The van der Waals surface area contributed by atoms with E-state index in [4.69, 9.17) is 11.6 Å². The van der Waals surface area contributed by atoms with Gasteiger partial charge in [0.25, 0.3) is 5.91 Å². The van der Waals surface area contributed by atoms with Crippen LogP contribution in [-0.2, 0) is 4.79 Å². The Hall–Kier alpha value is -2.17. The molecule has 0 saturated heterocycles. The Kier molecular flexibility index (Phi) is 5.42. The average Bonchev–Trinajstić information content (AvgIpc) is 2.80. The Morgan fingerprint density at radius 2 is 1.59 bits per heavy atom. The molecule has 1 amide bonds. The zero-order valence-electron chi connectivity index (χ0n) is 18.0. The summed E-state index contributed by atoms with van der Waals surface area (Å²) in [6.07, 6.45) is 4.67. The molecule has 3 aliphatic rings. The van der Waals surface area contributed by atoms with Gasteiger partial charge in [-0.3, -0.25) is 9.59 Å². The van der Waals surface area contributed by atoms with Gasteiger partial charge in [0.1, 0.15) is 0 Å². The van der Waals surface area contributed by atoms with Crippen LogP contribution >= 0.6 is 27.5 Å². The first kappa shape index (κ1) is 21.7. The maximum Gasteiger partial charge on any atom is 0.252 e. The van der Waals surface area contributed by atoms with Crippen molar-refractivity contribution in [3.63, 3.8) is 0 Å². The smallest absolute Gasteiger partial charge is 0.252 e. The second kappa shape index (κ2) is 8.00. The predicted octanol–water partition coefficient (Wildman–Crippen LogP) is 7.17. The fraction of sp³-hybridized carbons (Fsp3) is 0.333. The number of benzene rings is 3. The molecule has 0 heterocycles. The van der Waals surface area contributed by atoms with Crippen molar-refractivity contribution in [2.24, 2.45) is 5.41 Å². The van der Waals surface area contributed by atoms with E-state index in [1.54, 1.807) is 0 Å². The topological polar surface area (TPSA) is 46.2 Å². The van der Waals surface area contributed by atoms with E-state index in [9.17, 15) is 9.59 Å². The molecule has 164 valence electrons. The number of hydrogen-bond acceptors (Lipinski definition) is 2. The van der Waals surface area contributed by atoms with E-state index in [1.165, 1.54) is 0 Å². The SMILES string of the molecule is Cc1c(-c2ccccc2)cc2ccc(Br)cc2c1C(=O)NC12CCC(C(=O)Cl)(CC1)CC2. The molecule has 3 aliphatic carbocycles. The molecule has 3 aromatic rings. The van der Waals surface area contributed by atoms with Crippen LogP contribution in [0.4, 0.5) is 0 Å². The quantitative estimate of drug-likeness (QED) is 0.378. The summed E-state index contributed by atoms with van der Waals surface area (Å²) in [5, 5.41) is 5.19. The third kappa shape index (κ3) is 3.58. The zero-order chi connectivity index (χ0) is 22.5. The van der Waals surface area contributed by atoms with E-state index >= 15 is 0 Å². The van der Waals surface area contributed by atoms with Crippen LogP contribution in [0.25, 0.3) is 21.9 Å². The highest BCUT2D eigenvalue weighted by atomic mass is 79.9. The van der Waals surface area contributed by atoms with Gasteiger partial charge in [0.15, 0.2) is 0 Å². The number of halogens is 2. The highest BCUT2D eigenvalue weighted by molar-refractivity contribution is 9.10. The predicted molar refractivity (Wildman–Crippen MR) is 133 cm³/mol. The first-order valence-electron chi connectivity index (χ1n) is 11.1. The monoisotopic (exact) mass is 509 g/mol. The Morgan fingerprint density at radius 3 is 2.22 bits per heavy atom. The molecule has 0 unspecified atom stereocenters. The number of hydrogen-bond donors (Lipinski definition) is 1. The number of fused-ring (bicyclic) bond motifs is 4. The lowest BCUT2D eigenvalue weighted by Crippen LogP contribution is -2.57. The second-order valence-corrected chi connectivity index (χ2v) is 10.7. The Morgan fingerprint density at radius 1 is 0.938 bits per heavy atom. The molecular weight excluding hydrogens is 486 g/mol.